The largest absolute Gasteiger partial charge is 0.331 e. The fourth-order valence-electron chi connectivity index (χ4n) is 2.26. The Balaban J connectivity index is 1.91. The average molecular weight is 294 g/mol. The van der Waals surface area contributed by atoms with E-state index in [0.717, 1.165) is 16.5 Å². The molecule has 0 unspecified atom stereocenters. The summed E-state index contributed by atoms with van der Waals surface area (Å²) in [6.07, 6.45) is 0. The van der Waals surface area contributed by atoms with E-state index < -0.39 is 0 Å². The summed E-state index contributed by atoms with van der Waals surface area (Å²) in [5.74, 6) is 0. The first-order valence-electron chi connectivity index (χ1n) is 7.00. The monoisotopic (exact) mass is 294 g/mol. The molecule has 3 rings (SSSR count). The van der Waals surface area contributed by atoms with E-state index in [1.807, 2.05) is 12.1 Å². The zero-order valence-electron chi connectivity index (χ0n) is 12.5. The Kier molecular flexibility index (Phi) is 3.76. The summed E-state index contributed by atoms with van der Waals surface area (Å²) in [4.78, 5) is 5.98. The van der Waals surface area contributed by atoms with Crippen LogP contribution in [0.5, 0.6) is 0 Å². The van der Waals surface area contributed by atoms with Gasteiger partial charge in [-0.3, -0.25) is 0 Å². The molecule has 0 saturated heterocycles. The molecule has 0 saturated carbocycles. The van der Waals surface area contributed by atoms with Crippen molar-refractivity contribution in [1.82, 2.24) is 4.98 Å². The van der Waals surface area contributed by atoms with Crippen molar-refractivity contribution in [3.05, 3.63) is 64.5 Å². The van der Waals surface area contributed by atoms with Crippen LogP contribution >= 0.6 is 11.3 Å². The highest BCUT2D eigenvalue weighted by Crippen LogP contribution is 2.32. The Morgan fingerprint density at radius 2 is 1.62 bits per heavy atom. The Bertz CT molecular complexity index is 757. The van der Waals surface area contributed by atoms with Crippen molar-refractivity contribution in [1.29, 1.82) is 0 Å². The molecule has 0 fully saturated rings. The number of hydrogen-bond donors (Lipinski definition) is 1. The standard InChI is InChI=1S/C18H18N2S/c1-12-8-10-15(11-9-12)17-14(3)21-18(20-17)19-16-7-5-4-6-13(16)2/h4-11H,1-3H3,(H,19,20). The number of aromatic nitrogens is 1. The topological polar surface area (TPSA) is 24.9 Å². The van der Waals surface area contributed by atoms with Crippen LogP contribution < -0.4 is 5.32 Å². The smallest absolute Gasteiger partial charge is 0.187 e. The highest BCUT2D eigenvalue weighted by molar-refractivity contribution is 7.16. The van der Waals surface area contributed by atoms with Gasteiger partial charge in [0, 0.05) is 16.1 Å². The summed E-state index contributed by atoms with van der Waals surface area (Å²) < 4.78 is 0. The molecule has 0 spiro atoms. The van der Waals surface area contributed by atoms with Gasteiger partial charge in [0.2, 0.25) is 0 Å². The molecule has 0 aliphatic rings. The van der Waals surface area contributed by atoms with Crippen LogP contribution in [0.3, 0.4) is 0 Å². The molecular formula is C18H18N2S. The molecule has 0 bridgehead atoms. The van der Waals surface area contributed by atoms with E-state index in [0.29, 0.717) is 0 Å². The quantitative estimate of drug-likeness (QED) is 0.692. The van der Waals surface area contributed by atoms with Crippen molar-refractivity contribution in [2.24, 2.45) is 0 Å². The lowest BCUT2D eigenvalue weighted by Gasteiger charge is -2.05. The van der Waals surface area contributed by atoms with Gasteiger partial charge in [0.05, 0.1) is 5.69 Å². The van der Waals surface area contributed by atoms with E-state index >= 15 is 0 Å². The summed E-state index contributed by atoms with van der Waals surface area (Å²) >= 11 is 1.69. The van der Waals surface area contributed by atoms with Crippen LogP contribution in [0, 0.1) is 20.8 Å². The van der Waals surface area contributed by atoms with Gasteiger partial charge >= 0.3 is 0 Å². The lowest BCUT2D eigenvalue weighted by atomic mass is 10.1. The molecule has 2 aromatic carbocycles. The lowest BCUT2D eigenvalue weighted by Crippen LogP contribution is -1.92. The number of para-hydroxylation sites is 1. The van der Waals surface area contributed by atoms with Crippen molar-refractivity contribution < 1.29 is 0 Å². The lowest BCUT2D eigenvalue weighted by molar-refractivity contribution is 1.34. The van der Waals surface area contributed by atoms with Crippen molar-refractivity contribution in [3.8, 4) is 11.3 Å². The van der Waals surface area contributed by atoms with Gasteiger partial charge in [-0.05, 0) is 32.4 Å². The first-order chi connectivity index (χ1) is 10.1. The Labute approximate surface area is 129 Å². The minimum Gasteiger partial charge on any atom is -0.331 e. The number of aryl methyl sites for hydroxylation is 3. The number of nitrogens with one attached hydrogen (secondary N) is 1. The minimum atomic E-state index is 0.942. The molecule has 0 atom stereocenters. The molecule has 106 valence electrons. The van der Waals surface area contributed by atoms with Gasteiger partial charge in [-0.1, -0.05) is 48.0 Å². The molecule has 2 nitrogen and oxygen atoms in total. The fraction of sp³-hybridized carbons (Fsp3) is 0.167. The second kappa shape index (κ2) is 5.70. The van der Waals surface area contributed by atoms with E-state index in [9.17, 15) is 0 Å². The van der Waals surface area contributed by atoms with E-state index in [2.05, 4.69) is 62.5 Å². The first-order valence-corrected chi connectivity index (χ1v) is 7.82. The summed E-state index contributed by atoms with van der Waals surface area (Å²) in [6, 6.07) is 16.8. The predicted octanol–water partition coefficient (Wildman–Crippen LogP) is 5.48. The summed E-state index contributed by atoms with van der Waals surface area (Å²) in [6.45, 7) is 6.32. The maximum Gasteiger partial charge on any atom is 0.187 e. The molecule has 1 heterocycles. The van der Waals surface area contributed by atoms with Gasteiger partial charge in [0.15, 0.2) is 5.13 Å². The van der Waals surface area contributed by atoms with Gasteiger partial charge in [-0.25, -0.2) is 4.98 Å². The van der Waals surface area contributed by atoms with E-state index in [1.54, 1.807) is 11.3 Å². The third kappa shape index (κ3) is 2.98. The van der Waals surface area contributed by atoms with Crippen LogP contribution in [0.1, 0.15) is 16.0 Å². The van der Waals surface area contributed by atoms with Crippen LogP contribution in [0.2, 0.25) is 0 Å². The number of hydrogen-bond acceptors (Lipinski definition) is 3. The third-order valence-corrected chi connectivity index (χ3v) is 4.39. The molecule has 3 heteroatoms. The maximum absolute atomic E-state index is 4.75. The van der Waals surface area contributed by atoms with Crippen molar-refractivity contribution >= 4 is 22.2 Å². The molecule has 21 heavy (non-hydrogen) atoms. The zero-order chi connectivity index (χ0) is 14.8. The SMILES string of the molecule is Cc1ccc(-c2nc(Nc3ccccc3C)sc2C)cc1. The van der Waals surface area contributed by atoms with Gasteiger partial charge in [-0.2, -0.15) is 0 Å². The Hall–Kier alpha value is -2.13. The average Bonchev–Trinajstić information content (AvgIpc) is 2.83. The van der Waals surface area contributed by atoms with Gasteiger partial charge < -0.3 is 5.32 Å². The van der Waals surface area contributed by atoms with Crippen molar-refractivity contribution in [2.75, 3.05) is 5.32 Å². The minimum absolute atomic E-state index is 0.942. The van der Waals surface area contributed by atoms with E-state index in [-0.39, 0.29) is 0 Å². The predicted molar refractivity (Wildman–Crippen MR) is 91.5 cm³/mol. The Morgan fingerprint density at radius 1 is 0.905 bits per heavy atom. The second-order valence-electron chi connectivity index (χ2n) is 5.23. The number of thiazole rings is 1. The van der Waals surface area contributed by atoms with Crippen LogP contribution in [-0.4, -0.2) is 4.98 Å². The number of anilines is 2. The molecule has 1 N–H and O–H groups in total. The van der Waals surface area contributed by atoms with Crippen LogP contribution in [0.15, 0.2) is 48.5 Å². The molecule has 0 aliphatic heterocycles. The first kappa shape index (κ1) is 13.8. The van der Waals surface area contributed by atoms with Crippen LogP contribution in [0.4, 0.5) is 10.8 Å². The van der Waals surface area contributed by atoms with E-state index in [4.69, 9.17) is 4.98 Å². The number of benzene rings is 2. The summed E-state index contributed by atoms with van der Waals surface area (Å²) in [7, 11) is 0. The molecule has 3 aromatic rings. The molecule has 0 aliphatic carbocycles. The number of nitrogens with zero attached hydrogens (tertiary/aromatic N) is 1. The molecule has 0 radical (unpaired) electrons. The zero-order valence-corrected chi connectivity index (χ0v) is 13.3. The second-order valence-corrected chi connectivity index (χ2v) is 6.43. The van der Waals surface area contributed by atoms with Crippen LogP contribution in [-0.2, 0) is 0 Å². The summed E-state index contributed by atoms with van der Waals surface area (Å²) in [5, 5.41) is 4.36. The normalized spacial score (nSPS) is 10.6. The molecule has 0 amide bonds. The van der Waals surface area contributed by atoms with Gasteiger partial charge in [0.1, 0.15) is 0 Å². The summed E-state index contributed by atoms with van der Waals surface area (Å²) in [5.41, 5.74) is 5.84. The van der Waals surface area contributed by atoms with Crippen molar-refractivity contribution in [2.45, 2.75) is 20.8 Å². The van der Waals surface area contributed by atoms with Crippen molar-refractivity contribution in [3.63, 3.8) is 0 Å². The number of rotatable bonds is 3. The van der Waals surface area contributed by atoms with Crippen LogP contribution in [0.25, 0.3) is 11.3 Å². The fourth-order valence-corrected chi connectivity index (χ4v) is 3.11. The van der Waals surface area contributed by atoms with E-state index in [1.165, 1.54) is 21.6 Å². The highest BCUT2D eigenvalue weighted by Gasteiger charge is 2.10. The molecule has 1 aromatic heterocycles. The third-order valence-electron chi connectivity index (χ3n) is 3.51. The van der Waals surface area contributed by atoms with Gasteiger partial charge in [0.25, 0.3) is 0 Å². The highest BCUT2D eigenvalue weighted by atomic mass is 32.1. The maximum atomic E-state index is 4.75. The van der Waals surface area contributed by atoms with Gasteiger partial charge in [-0.15, -0.1) is 11.3 Å². The molecular weight excluding hydrogens is 276 g/mol. The Morgan fingerprint density at radius 3 is 2.33 bits per heavy atom.